The van der Waals surface area contributed by atoms with Crippen LogP contribution in [0, 0.1) is 0 Å². The van der Waals surface area contributed by atoms with Gasteiger partial charge in [0.25, 0.3) is 5.91 Å². The van der Waals surface area contributed by atoms with Crippen molar-refractivity contribution in [3.8, 4) is 0 Å². The van der Waals surface area contributed by atoms with E-state index in [1.165, 1.54) is 17.7 Å². The minimum absolute atomic E-state index is 0.219. The van der Waals surface area contributed by atoms with Gasteiger partial charge in [-0.2, -0.15) is 0 Å². The number of nitrogens with one attached hydrogen (secondary N) is 1. The fourth-order valence-electron chi connectivity index (χ4n) is 1.93. The largest absolute Gasteiger partial charge is 0.397 e. The number of nitrogens with two attached hydrogens (primary N) is 1. The Bertz CT molecular complexity index is 803. The molecule has 0 fully saturated rings. The van der Waals surface area contributed by atoms with Crippen LogP contribution in [0.1, 0.15) is 15.4 Å². The number of carbonyl (C=O) groups is 1. The van der Waals surface area contributed by atoms with Crippen molar-refractivity contribution in [3.05, 3.63) is 52.4 Å². The molecule has 0 aliphatic carbocycles. The summed E-state index contributed by atoms with van der Waals surface area (Å²) in [4.78, 5) is 20.6. The molecule has 2 heterocycles. The second kappa shape index (κ2) is 5.67. The first-order chi connectivity index (χ1) is 10.1. The van der Waals surface area contributed by atoms with E-state index in [-0.39, 0.29) is 5.91 Å². The number of thiophene rings is 1. The second-order valence-electron chi connectivity index (χ2n) is 4.37. The van der Waals surface area contributed by atoms with E-state index in [1.807, 2.05) is 6.07 Å². The van der Waals surface area contributed by atoms with Gasteiger partial charge in [-0.1, -0.05) is 11.6 Å². The fourth-order valence-corrected chi connectivity index (χ4v) is 3.12. The van der Waals surface area contributed by atoms with Crippen LogP contribution >= 0.6 is 22.9 Å². The number of nitrogens with zero attached hydrogens (tertiary/aromatic N) is 2. The SMILES string of the molecule is Nc1c(C(=O)NCc2ccncn2)sc2ccc(Cl)cc12. The van der Waals surface area contributed by atoms with Crippen molar-refractivity contribution in [2.75, 3.05) is 5.73 Å². The molecule has 2 aromatic heterocycles. The first-order valence-electron chi connectivity index (χ1n) is 6.16. The number of halogens is 1. The molecule has 1 aromatic carbocycles. The zero-order valence-electron chi connectivity index (χ0n) is 10.8. The van der Waals surface area contributed by atoms with Gasteiger partial charge in [0.05, 0.1) is 17.9 Å². The van der Waals surface area contributed by atoms with E-state index in [4.69, 9.17) is 17.3 Å². The number of hydrogen-bond donors (Lipinski definition) is 2. The van der Waals surface area contributed by atoms with E-state index >= 15 is 0 Å². The van der Waals surface area contributed by atoms with E-state index in [0.717, 1.165) is 15.8 Å². The maximum absolute atomic E-state index is 12.2. The Morgan fingerprint density at radius 2 is 2.24 bits per heavy atom. The van der Waals surface area contributed by atoms with Crippen LogP contribution < -0.4 is 11.1 Å². The third kappa shape index (κ3) is 2.81. The summed E-state index contributed by atoms with van der Waals surface area (Å²) in [5.41, 5.74) is 7.24. The molecule has 0 aliphatic heterocycles. The summed E-state index contributed by atoms with van der Waals surface area (Å²) in [6, 6.07) is 7.15. The zero-order valence-corrected chi connectivity index (χ0v) is 12.4. The lowest BCUT2D eigenvalue weighted by atomic mass is 10.2. The number of nitrogen functional groups attached to an aromatic ring is 1. The zero-order chi connectivity index (χ0) is 14.8. The van der Waals surface area contributed by atoms with Crippen LogP contribution in [0.2, 0.25) is 5.02 Å². The lowest BCUT2D eigenvalue weighted by Crippen LogP contribution is -2.23. The van der Waals surface area contributed by atoms with Gasteiger partial charge < -0.3 is 11.1 Å². The number of benzene rings is 1. The molecular weight excluding hydrogens is 308 g/mol. The van der Waals surface area contributed by atoms with Crippen LogP contribution in [0.4, 0.5) is 5.69 Å². The maximum atomic E-state index is 12.2. The number of fused-ring (bicyclic) bond motifs is 1. The van der Waals surface area contributed by atoms with Crippen molar-refractivity contribution >= 4 is 44.6 Å². The van der Waals surface area contributed by atoms with E-state index < -0.39 is 0 Å². The third-order valence-electron chi connectivity index (χ3n) is 2.97. The standard InChI is InChI=1S/C14H11ClN4OS/c15-8-1-2-11-10(5-8)12(16)13(21-11)14(20)18-6-9-3-4-17-7-19-9/h1-5,7H,6,16H2,(H,18,20). The van der Waals surface area contributed by atoms with Gasteiger partial charge in [-0.15, -0.1) is 11.3 Å². The lowest BCUT2D eigenvalue weighted by Gasteiger charge is -2.03. The molecule has 0 atom stereocenters. The molecule has 0 aliphatic rings. The topological polar surface area (TPSA) is 80.9 Å². The average molecular weight is 319 g/mol. The molecule has 5 nitrogen and oxygen atoms in total. The van der Waals surface area contributed by atoms with Crippen molar-refractivity contribution in [1.29, 1.82) is 0 Å². The molecular formula is C14H11ClN4OS. The van der Waals surface area contributed by atoms with E-state index in [0.29, 0.717) is 22.1 Å². The molecule has 3 N–H and O–H groups in total. The predicted octanol–water partition coefficient (Wildman–Crippen LogP) is 2.86. The molecule has 7 heteroatoms. The molecule has 0 radical (unpaired) electrons. The molecule has 0 bridgehead atoms. The van der Waals surface area contributed by atoms with Crippen LogP contribution in [0.15, 0.2) is 36.8 Å². The summed E-state index contributed by atoms with van der Waals surface area (Å²) in [5.74, 6) is -0.219. The van der Waals surface area contributed by atoms with E-state index in [9.17, 15) is 4.79 Å². The van der Waals surface area contributed by atoms with Gasteiger partial charge in [0.15, 0.2) is 0 Å². The smallest absolute Gasteiger partial charge is 0.263 e. The summed E-state index contributed by atoms with van der Waals surface area (Å²) in [6.07, 6.45) is 3.07. The Morgan fingerprint density at radius 3 is 3.00 bits per heavy atom. The van der Waals surface area contributed by atoms with Crippen LogP contribution in [0.3, 0.4) is 0 Å². The number of aromatic nitrogens is 2. The van der Waals surface area contributed by atoms with Crippen molar-refractivity contribution in [2.45, 2.75) is 6.54 Å². The lowest BCUT2D eigenvalue weighted by molar-refractivity contribution is 0.0955. The summed E-state index contributed by atoms with van der Waals surface area (Å²) < 4.78 is 0.934. The highest BCUT2D eigenvalue weighted by Crippen LogP contribution is 2.35. The number of rotatable bonds is 3. The van der Waals surface area contributed by atoms with Gasteiger partial charge in [-0.05, 0) is 24.3 Å². The van der Waals surface area contributed by atoms with Gasteiger partial charge in [0.1, 0.15) is 11.2 Å². The first-order valence-corrected chi connectivity index (χ1v) is 7.35. The molecule has 0 saturated carbocycles. The summed E-state index contributed by atoms with van der Waals surface area (Å²) >= 11 is 7.30. The van der Waals surface area contributed by atoms with Gasteiger partial charge >= 0.3 is 0 Å². The van der Waals surface area contributed by atoms with Gasteiger partial charge in [0, 0.05) is 21.3 Å². The number of hydrogen-bond acceptors (Lipinski definition) is 5. The van der Waals surface area contributed by atoms with Gasteiger partial charge in [0.2, 0.25) is 0 Å². The first kappa shape index (κ1) is 13.8. The van der Waals surface area contributed by atoms with Crippen molar-refractivity contribution < 1.29 is 4.79 Å². The molecule has 3 aromatic rings. The molecule has 106 valence electrons. The number of anilines is 1. The Balaban J connectivity index is 1.83. The Kier molecular flexibility index (Phi) is 3.72. The Morgan fingerprint density at radius 1 is 1.38 bits per heavy atom. The van der Waals surface area contributed by atoms with Crippen molar-refractivity contribution in [2.24, 2.45) is 0 Å². The summed E-state index contributed by atoms with van der Waals surface area (Å²) in [5, 5.41) is 4.20. The molecule has 0 spiro atoms. The second-order valence-corrected chi connectivity index (χ2v) is 5.86. The van der Waals surface area contributed by atoms with Crippen molar-refractivity contribution in [1.82, 2.24) is 15.3 Å². The molecule has 0 saturated heterocycles. The Hall–Kier alpha value is -2.18. The fraction of sp³-hybridized carbons (Fsp3) is 0.0714. The monoisotopic (exact) mass is 318 g/mol. The number of carbonyl (C=O) groups excluding carboxylic acids is 1. The van der Waals surface area contributed by atoms with Crippen LogP contribution in [-0.4, -0.2) is 15.9 Å². The van der Waals surface area contributed by atoms with E-state index in [2.05, 4.69) is 15.3 Å². The normalized spacial score (nSPS) is 10.7. The predicted molar refractivity (Wildman–Crippen MR) is 84.4 cm³/mol. The average Bonchev–Trinajstić information content (AvgIpc) is 2.83. The maximum Gasteiger partial charge on any atom is 0.263 e. The summed E-state index contributed by atoms with van der Waals surface area (Å²) in [6.45, 7) is 0.329. The minimum atomic E-state index is -0.219. The van der Waals surface area contributed by atoms with Crippen LogP contribution in [0.25, 0.3) is 10.1 Å². The van der Waals surface area contributed by atoms with Crippen LogP contribution in [0.5, 0.6) is 0 Å². The molecule has 1 amide bonds. The van der Waals surface area contributed by atoms with Crippen molar-refractivity contribution in [3.63, 3.8) is 0 Å². The van der Waals surface area contributed by atoms with Gasteiger partial charge in [-0.3, -0.25) is 4.79 Å². The quantitative estimate of drug-likeness (QED) is 0.778. The highest BCUT2D eigenvalue weighted by molar-refractivity contribution is 7.21. The minimum Gasteiger partial charge on any atom is -0.397 e. The molecule has 0 unspecified atom stereocenters. The highest BCUT2D eigenvalue weighted by Gasteiger charge is 2.16. The third-order valence-corrected chi connectivity index (χ3v) is 4.39. The Labute approximate surface area is 129 Å². The molecule has 3 rings (SSSR count). The van der Waals surface area contributed by atoms with Crippen LogP contribution in [-0.2, 0) is 6.54 Å². The highest BCUT2D eigenvalue weighted by atomic mass is 35.5. The summed E-state index contributed by atoms with van der Waals surface area (Å²) in [7, 11) is 0. The molecule has 21 heavy (non-hydrogen) atoms. The van der Waals surface area contributed by atoms with E-state index in [1.54, 1.807) is 24.4 Å². The van der Waals surface area contributed by atoms with Gasteiger partial charge in [-0.25, -0.2) is 9.97 Å². The number of amides is 1.